The minimum atomic E-state index is -2.74. The van der Waals surface area contributed by atoms with E-state index in [2.05, 4.69) is 172 Å². The summed E-state index contributed by atoms with van der Waals surface area (Å²) in [5.41, 5.74) is 7.86. The molecule has 0 unspecified atom stereocenters. The molecule has 0 spiro atoms. The molecule has 5 heterocycles. The van der Waals surface area contributed by atoms with Gasteiger partial charge in [0.25, 0.3) is 6.79 Å². The van der Waals surface area contributed by atoms with Gasteiger partial charge < -0.3 is 9.97 Å². The summed E-state index contributed by atoms with van der Waals surface area (Å²) in [6, 6.07) is 60.6. The quantitative estimate of drug-likeness (QED) is 0.181. The van der Waals surface area contributed by atoms with E-state index in [1.807, 2.05) is 48.6 Å². The van der Waals surface area contributed by atoms with E-state index in [1.54, 1.807) is 0 Å². The number of carbonyl (C=O) groups excluding carboxylic acids is 1. The van der Waals surface area contributed by atoms with Gasteiger partial charge in [-0.1, -0.05) is 0 Å². The van der Waals surface area contributed by atoms with Crippen LogP contribution in [0.5, 0.6) is 0 Å². The number of aromatic nitrogens is 4. The topological polar surface area (TPSA) is 74.4 Å². The first-order chi connectivity index (χ1) is 25.2. The first-order valence-corrected chi connectivity index (χ1v) is 19.9. The average molecular weight is 748 g/mol. The summed E-state index contributed by atoms with van der Waals surface area (Å²) in [6.45, 7) is 4.50. The molecule has 9 rings (SSSR count). The zero-order chi connectivity index (χ0) is 34.9. The zero-order valence-electron chi connectivity index (χ0n) is 27.6. The Labute approximate surface area is 300 Å². The van der Waals surface area contributed by atoms with E-state index in [0.29, 0.717) is 0 Å². The van der Waals surface area contributed by atoms with Crippen molar-refractivity contribution in [1.29, 1.82) is 0 Å². The van der Waals surface area contributed by atoms with Crippen molar-refractivity contribution in [3.05, 3.63) is 193 Å². The first kappa shape index (κ1) is 33.3. The molecule has 8 bridgehead atoms. The van der Waals surface area contributed by atoms with Crippen LogP contribution in [0.15, 0.2) is 170 Å². The molecule has 0 aliphatic carbocycles. The molecule has 4 aromatic carbocycles. The van der Waals surface area contributed by atoms with Crippen LogP contribution in [-0.2, 0) is 19.6 Å². The van der Waals surface area contributed by atoms with Crippen LogP contribution < -0.4 is 16.6 Å². The van der Waals surface area contributed by atoms with Crippen molar-refractivity contribution in [1.82, 2.24) is 19.9 Å². The Morgan fingerprint density at radius 3 is 0.824 bits per heavy atom. The van der Waals surface area contributed by atoms with Gasteiger partial charge in [-0.05, 0) is 72.8 Å². The Hall–Kier alpha value is -6.23. The fourth-order valence-electron chi connectivity index (χ4n) is 6.00. The molecule has 2 radical (unpaired) electrons. The van der Waals surface area contributed by atoms with Gasteiger partial charge in [0.05, 0.1) is 22.8 Å². The summed E-state index contributed by atoms with van der Waals surface area (Å²) < 4.78 is 5.79. The van der Waals surface area contributed by atoms with Gasteiger partial charge in [-0.3, -0.25) is 4.79 Å². The first-order valence-electron chi connectivity index (χ1n) is 16.4. The number of hydrogen-bond donors (Lipinski definition) is 2. The van der Waals surface area contributed by atoms with Crippen LogP contribution in [0.3, 0.4) is 0 Å². The Kier molecular flexibility index (Phi) is 10.1. The Bertz CT molecular complexity index is 2110. The molecule has 2 aliphatic heterocycles. The van der Waals surface area contributed by atoms with Gasteiger partial charge in [-0.25, -0.2) is 9.97 Å². The third-order valence-electron chi connectivity index (χ3n) is 8.17. The second-order valence-electron chi connectivity index (χ2n) is 11.6. The maximum absolute atomic E-state index is 7.50. The van der Waals surface area contributed by atoms with Crippen LogP contribution in [0.4, 0.5) is 0 Å². The predicted octanol–water partition coefficient (Wildman–Crippen LogP) is 7.70. The molecule has 5 nitrogen and oxygen atoms in total. The van der Waals surface area contributed by atoms with Gasteiger partial charge in [0, 0.05) is 22.1 Å². The van der Waals surface area contributed by atoms with Crippen molar-refractivity contribution >= 4 is 69.8 Å². The Balaban J connectivity index is 0.000000152. The summed E-state index contributed by atoms with van der Waals surface area (Å²) in [4.78, 5) is 23.5. The van der Waals surface area contributed by atoms with Crippen molar-refractivity contribution in [3.63, 3.8) is 0 Å². The molecule has 0 amide bonds. The summed E-state index contributed by atoms with van der Waals surface area (Å²) in [5.74, 6) is 0. The molecular weight excluding hydrogens is 714 g/mol. The third-order valence-corrected chi connectivity index (χ3v) is 16.5. The average Bonchev–Trinajstić information content (AvgIpc) is 4.02. The number of fused-ring (bicyclic) bond motifs is 8. The number of benzene rings is 4. The van der Waals surface area contributed by atoms with Gasteiger partial charge in [-0.15, -0.1) is 0 Å². The van der Waals surface area contributed by atoms with Crippen LogP contribution in [0.1, 0.15) is 22.8 Å². The summed E-state index contributed by atoms with van der Waals surface area (Å²) in [5, 5.41) is 0. The number of hydrogen-bond acceptors (Lipinski definition) is 3. The van der Waals surface area contributed by atoms with Gasteiger partial charge in [-0.2, -0.15) is 0 Å². The van der Waals surface area contributed by atoms with E-state index in [9.17, 15) is 0 Å². The Morgan fingerprint density at radius 2 is 0.588 bits per heavy atom. The molecule has 0 saturated heterocycles. The molecule has 51 heavy (non-hydrogen) atoms. The van der Waals surface area contributed by atoms with Crippen molar-refractivity contribution < 1.29 is 19.6 Å². The van der Waals surface area contributed by atoms with Crippen molar-refractivity contribution in [2.75, 3.05) is 0 Å². The minimum absolute atomic E-state index is 0.939. The number of aromatic amines is 2. The van der Waals surface area contributed by atoms with E-state index >= 15 is 0 Å². The van der Waals surface area contributed by atoms with Crippen molar-refractivity contribution in [2.45, 2.75) is 0 Å². The summed E-state index contributed by atoms with van der Waals surface area (Å²) in [7, 11) is 0. The molecule has 7 aromatic rings. The number of H-pyrrole nitrogens is 2. The molecule has 6 heteroatoms. The molecular formula is C45H34N4ORu. The Morgan fingerprint density at radius 1 is 0.353 bits per heavy atom. The molecule has 0 atom stereocenters. The van der Waals surface area contributed by atoms with E-state index in [-0.39, 0.29) is 0 Å². The molecule has 0 saturated carbocycles. The fourth-order valence-corrected chi connectivity index (χ4v) is 14.3. The van der Waals surface area contributed by atoms with Crippen LogP contribution >= 0.6 is 0 Å². The van der Waals surface area contributed by atoms with Crippen LogP contribution in [0, 0.1) is 0 Å². The summed E-state index contributed by atoms with van der Waals surface area (Å²) in [6.07, 6.45) is 8.09. The van der Waals surface area contributed by atoms with Gasteiger partial charge >= 0.3 is 153 Å². The van der Waals surface area contributed by atoms with Gasteiger partial charge in [0.2, 0.25) is 0 Å². The second-order valence-corrected chi connectivity index (χ2v) is 18.2. The van der Waals surface area contributed by atoms with Gasteiger partial charge in [0.1, 0.15) is 0 Å². The van der Waals surface area contributed by atoms with Crippen LogP contribution in [-0.4, -0.2) is 26.7 Å². The number of rotatable bonds is 4. The normalized spacial score (nSPS) is 11.8. The zero-order valence-corrected chi connectivity index (χ0v) is 29.4. The number of nitrogens with one attached hydrogen (secondary N) is 2. The summed E-state index contributed by atoms with van der Waals surface area (Å²) >= 11 is -2.74. The van der Waals surface area contributed by atoms with E-state index < -0.39 is 14.8 Å². The van der Waals surface area contributed by atoms with Crippen LogP contribution in [0.2, 0.25) is 0 Å². The third kappa shape index (κ3) is 7.37. The second kappa shape index (κ2) is 15.5. The molecule has 3 aromatic heterocycles. The van der Waals surface area contributed by atoms with Gasteiger partial charge in [0.15, 0.2) is 0 Å². The van der Waals surface area contributed by atoms with Crippen LogP contribution in [0.25, 0.3) is 46.4 Å². The standard InChI is InChI=1S/C20H14N4.4C6H5.CO.Ru/c1-2-14-10-16-5-6-18(23-16)12-20-8-7-19(24-20)11-17-4-3-15(22-17)9-13(1)21-14;4*1-2-4-6-5-3-1;1-2;/h1-12,21,24H;4*1-5H;;. The van der Waals surface area contributed by atoms with Crippen molar-refractivity contribution in [3.8, 4) is 0 Å². The van der Waals surface area contributed by atoms with E-state index in [1.165, 1.54) is 16.6 Å². The van der Waals surface area contributed by atoms with E-state index in [4.69, 9.17) is 4.79 Å². The predicted molar refractivity (Wildman–Crippen MR) is 209 cm³/mol. The van der Waals surface area contributed by atoms with E-state index in [0.717, 1.165) is 44.8 Å². The fraction of sp³-hybridized carbons (Fsp3) is 0. The van der Waals surface area contributed by atoms with Crippen molar-refractivity contribution in [2.24, 2.45) is 0 Å². The number of nitrogens with zero attached hydrogens (tertiary/aromatic N) is 2. The molecule has 0 fully saturated rings. The molecule has 2 aliphatic rings. The maximum atomic E-state index is 7.50. The monoisotopic (exact) mass is 748 g/mol. The molecule has 2 N–H and O–H groups in total. The molecule has 248 valence electrons. The SMILES string of the molecule is C1=Cc2cc3ccc(cc4nc(cc5ccc(cc1n2)[nH]5)C=C4)[nH]3.[C]=O.c1cc[c]([Ru]([c]2ccccc2)([c]2ccccc2)[c]2ccccc2)cc1.